The minimum Gasteiger partial charge on any atom is -0.340 e. The van der Waals surface area contributed by atoms with Crippen molar-refractivity contribution in [3.63, 3.8) is 0 Å². The quantitative estimate of drug-likeness (QED) is 0.286. The van der Waals surface area contributed by atoms with E-state index in [0.717, 1.165) is 34.0 Å². The van der Waals surface area contributed by atoms with E-state index in [1.807, 2.05) is 60.7 Å². The Labute approximate surface area is 199 Å². The first kappa shape index (κ1) is 23.3. The van der Waals surface area contributed by atoms with Crippen molar-refractivity contribution < 1.29 is 0 Å². The van der Waals surface area contributed by atoms with Crippen LogP contribution in [0.5, 0.6) is 0 Å². The SMILES string of the molecule is Cc1cc(Nc2ccc(Nc3cc(C)c4ccccc4n3)cc2)nc2ccccc12.Cl.Cl. The summed E-state index contributed by atoms with van der Waals surface area (Å²) in [5, 5.41) is 9.18. The first-order chi connectivity index (χ1) is 14.7. The van der Waals surface area contributed by atoms with Crippen molar-refractivity contribution in [2.45, 2.75) is 13.8 Å². The summed E-state index contributed by atoms with van der Waals surface area (Å²) in [5.41, 5.74) is 6.39. The second kappa shape index (κ2) is 9.86. The fourth-order valence-corrected chi connectivity index (χ4v) is 3.76. The molecule has 0 fully saturated rings. The molecule has 0 unspecified atom stereocenters. The van der Waals surface area contributed by atoms with Gasteiger partial charge in [0.15, 0.2) is 0 Å². The van der Waals surface area contributed by atoms with Crippen LogP contribution in [0.1, 0.15) is 11.1 Å². The van der Waals surface area contributed by atoms with E-state index in [1.165, 1.54) is 21.9 Å². The summed E-state index contributed by atoms with van der Waals surface area (Å²) in [5.74, 6) is 1.69. The highest BCUT2D eigenvalue weighted by molar-refractivity contribution is 5.86. The third-order valence-corrected chi connectivity index (χ3v) is 5.28. The van der Waals surface area contributed by atoms with Crippen LogP contribution in [0.2, 0.25) is 0 Å². The Bertz CT molecular complexity index is 1260. The molecule has 0 saturated heterocycles. The molecule has 162 valence electrons. The van der Waals surface area contributed by atoms with Crippen LogP contribution in [0.25, 0.3) is 21.8 Å². The Morgan fingerprint density at radius 2 is 0.906 bits per heavy atom. The van der Waals surface area contributed by atoms with Gasteiger partial charge in [-0.05, 0) is 73.5 Å². The highest BCUT2D eigenvalue weighted by Crippen LogP contribution is 2.25. The molecule has 2 heterocycles. The van der Waals surface area contributed by atoms with Gasteiger partial charge in [-0.1, -0.05) is 36.4 Å². The summed E-state index contributed by atoms with van der Waals surface area (Å²) in [7, 11) is 0. The summed E-state index contributed by atoms with van der Waals surface area (Å²) in [6.45, 7) is 4.22. The number of fused-ring (bicyclic) bond motifs is 2. The smallest absolute Gasteiger partial charge is 0.131 e. The monoisotopic (exact) mass is 462 g/mol. The Morgan fingerprint density at radius 3 is 1.31 bits per heavy atom. The van der Waals surface area contributed by atoms with Crippen molar-refractivity contribution >= 4 is 69.6 Å². The molecule has 2 aromatic heterocycles. The molecular weight excluding hydrogens is 439 g/mol. The second-order valence-electron chi connectivity index (χ2n) is 7.51. The maximum Gasteiger partial charge on any atom is 0.131 e. The zero-order valence-corrected chi connectivity index (χ0v) is 19.4. The Balaban J connectivity index is 0.00000144. The normalized spacial score (nSPS) is 10.3. The predicted molar refractivity (Wildman–Crippen MR) is 140 cm³/mol. The molecule has 5 rings (SSSR count). The molecule has 0 bridgehead atoms. The number of nitrogens with zero attached hydrogens (tertiary/aromatic N) is 2. The molecule has 2 N–H and O–H groups in total. The molecule has 32 heavy (non-hydrogen) atoms. The summed E-state index contributed by atoms with van der Waals surface area (Å²) in [6, 6.07) is 28.7. The van der Waals surface area contributed by atoms with Crippen LogP contribution in [0.4, 0.5) is 23.0 Å². The predicted octanol–water partition coefficient (Wildman–Crippen LogP) is 7.73. The number of rotatable bonds is 4. The van der Waals surface area contributed by atoms with Crippen LogP contribution in [0.3, 0.4) is 0 Å². The number of hydrogen-bond donors (Lipinski definition) is 2. The molecule has 0 saturated carbocycles. The van der Waals surface area contributed by atoms with E-state index in [0.29, 0.717) is 0 Å². The highest BCUT2D eigenvalue weighted by Gasteiger charge is 2.05. The van der Waals surface area contributed by atoms with Gasteiger partial charge in [0, 0.05) is 22.1 Å². The molecule has 0 spiro atoms. The van der Waals surface area contributed by atoms with Crippen LogP contribution in [-0.2, 0) is 0 Å². The largest absolute Gasteiger partial charge is 0.340 e. The van der Waals surface area contributed by atoms with Crippen LogP contribution in [0, 0.1) is 13.8 Å². The van der Waals surface area contributed by atoms with Crippen molar-refractivity contribution in [1.82, 2.24) is 9.97 Å². The van der Waals surface area contributed by atoms with E-state index in [4.69, 9.17) is 9.97 Å². The van der Waals surface area contributed by atoms with E-state index in [2.05, 4.69) is 48.7 Å². The van der Waals surface area contributed by atoms with Crippen molar-refractivity contribution in [1.29, 1.82) is 0 Å². The van der Waals surface area contributed by atoms with E-state index in [-0.39, 0.29) is 24.8 Å². The van der Waals surface area contributed by atoms with E-state index in [9.17, 15) is 0 Å². The maximum absolute atomic E-state index is 4.72. The fourth-order valence-electron chi connectivity index (χ4n) is 3.76. The van der Waals surface area contributed by atoms with Gasteiger partial charge in [-0.25, -0.2) is 9.97 Å². The third kappa shape index (κ3) is 4.77. The number of aromatic nitrogens is 2. The molecular formula is C26H24Cl2N4. The molecule has 0 atom stereocenters. The van der Waals surface area contributed by atoms with E-state index >= 15 is 0 Å². The zero-order chi connectivity index (χ0) is 20.5. The molecule has 0 aliphatic carbocycles. The Kier molecular flexibility index (Phi) is 7.18. The first-order valence-corrected chi connectivity index (χ1v) is 10.0. The number of nitrogens with one attached hydrogen (secondary N) is 2. The number of para-hydroxylation sites is 2. The van der Waals surface area contributed by atoms with Crippen molar-refractivity contribution in [2.75, 3.05) is 10.6 Å². The standard InChI is InChI=1S/C26H22N4.2ClH/c1-17-15-25(29-23-9-5-3-7-21(17)23)27-19-11-13-20(14-12-19)28-26-16-18(2)22-8-4-6-10-24(22)30-26;;/h3-16H,1-2H3,(H,27,29)(H,28,30);2*1H. The van der Waals surface area contributed by atoms with Gasteiger partial charge in [-0.3, -0.25) is 0 Å². The Morgan fingerprint density at radius 1 is 0.531 bits per heavy atom. The summed E-state index contributed by atoms with van der Waals surface area (Å²) in [6.07, 6.45) is 0. The molecule has 0 aliphatic rings. The van der Waals surface area contributed by atoms with Crippen molar-refractivity contribution in [2.24, 2.45) is 0 Å². The average Bonchev–Trinajstić information content (AvgIpc) is 2.75. The van der Waals surface area contributed by atoms with Crippen LogP contribution in [-0.4, -0.2) is 9.97 Å². The van der Waals surface area contributed by atoms with Crippen LogP contribution >= 0.6 is 24.8 Å². The first-order valence-electron chi connectivity index (χ1n) is 10.0. The number of benzene rings is 3. The lowest BCUT2D eigenvalue weighted by Gasteiger charge is -2.11. The van der Waals surface area contributed by atoms with Gasteiger partial charge in [0.25, 0.3) is 0 Å². The van der Waals surface area contributed by atoms with E-state index in [1.54, 1.807) is 0 Å². The molecule has 6 heteroatoms. The van der Waals surface area contributed by atoms with Gasteiger partial charge in [0.1, 0.15) is 11.6 Å². The minimum atomic E-state index is 0. The zero-order valence-electron chi connectivity index (χ0n) is 17.8. The summed E-state index contributed by atoms with van der Waals surface area (Å²) < 4.78 is 0. The lowest BCUT2D eigenvalue weighted by atomic mass is 10.1. The summed E-state index contributed by atoms with van der Waals surface area (Å²) in [4.78, 5) is 9.45. The van der Waals surface area contributed by atoms with Crippen molar-refractivity contribution in [3.05, 3.63) is 96.1 Å². The number of anilines is 4. The van der Waals surface area contributed by atoms with Crippen LogP contribution in [0.15, 0.2) is 84.9 Å². The topological polar surface area (TPSA) is 49.8 Å². The van der Waals surface area contributed by atoms with Gasteiger partial charge < -0.3 is 10.6 Å². The van der Waals surface area contributed by atoms with Gasteiger partial charge in [0.2, 0.25) is 0 Å². The molecule has 3 aromatic carbocycles. The molecule has 0 amide bonds. The number of hydrogen-bond acceptors (Lipinski definition) is 4. The number of halogens is 2. The minimum absolute atomic E-state index is 0. The van der Waals surface area contributed by atoms with Gasteiger partial charge in [-0.2, -0.15) is 0 Å². The van der Waals surface area contributed by atoms with Crippen molar-refractivity contribution in [3.8, 4) is 0 Å². The number of aryl methyl sites for hydroxylation is 2. The average molecular weight is 463 g/mol. The lowest BCUT2D eigenvalue weighted by molar-refractivity contribution is 1.33. The molecule has 4 nitrogen and oxygen atoms in total. The molecule has 0 aliphatic heterocycles. The lowest BCUT2D eigenvalue weighted by Crippen LogP contribution is -1.97. The maximum atomic E-state index is 4.72. The summed E-state index contributed by atoms with van der Waals surface area (Å²) >= 11 is 0. The van der Waals surface area contributed by atoms with Gasteiger partial charge in [0.05, 0.1) is 11.0 Å². The van der Waals surface area contributed by atoms with Gasteiger partial charge in [-0.15, -0.1) is 24.8 Å². The van der Waals surface area contributed by atoms with Crippen LogP contribution < -0.4 is 10.6 Å². The second-order valence-corrected chi connectivity index (χ2v) is 7.51. The number of pyridine rings is 2. The Hall–Kier alpha value is -3.34. The molecule has 5 aromatic rings. The third-order valence-electron chi connectivity index (χ3n) is 5.28. The van der Waals surface area contributed by atoms with Gasteiger partial charge >= 0.3 is 0 Å². The highest BCUT2D eigenvalue weighted by atomic mass is 35.5. The molecule has 0 radical (unpaired) electrons. The van der Waals surface area contributed by atoms with E-state index < -0.39 is 0 Å². The fraction of sp³-hybridized carbons (Fsp3) is 0.0769.